The van der Waals surface area contributed by atoms with E-state index >= 15 is 0 Å². The van der Waals surface area contributed by atoms with Gasteiger partial charge in [-0.1, -0.05) is 25.1 Å². The molecule has 3 aromatic rings. The maximum Gasteiger partial charge on any atom is 0.291 e. The van der Waals surface area contributed by atoms with E-state index in [-0.39, 0.29) is 17.6 Å². The van der Waals surface area contributed by atoms with E-state index in [0.717, 1.165) is 17.7 Å². The van der Waals surface area contributed by atoms with Crippen LogP contribution in [0, 0.1) is 6.92 Å². The van der Waals surface area contributed by atoms with Crippen LogP contribution in [0.3, 0.4) is 0 Å². The number of anilines is 2. The Morgan fingerprint density at radius 3 is 2.38 bits per heavy atom. The van der Waals surface area contributed by atoms with E-state index in [4.69, 9.17) is 4.42 Å². The van der Waals surface area contributed by atoms with E-state index < -0.39 is 0 Å². The number of benzene rings is 2. The highest BCUT2D eigenvalue weighted by Gasteiger charge is 2.13. The molecule has 1 aromatic heterocycles. The molecule has 2 N–H and O–H groups in total. The number of hydrogen-bond acceptors (Lipinski definition) is 3. The summed E-state index contributed by atoms with van der Waals surface area (Å²) in [5.74, 6) is -0.371. The van der Waals surface area contributed by atoms with Crippen molar-refractivity contribution >= 4 is 23.2 Å². The van der Waals surface area contributed by atoms with Crippen LogP contribution in [-0.2, 0) is 6.42 Å². The Balaban J connectivity index is 1.75. The van der Waals surface area contributed by atoms with Gasteiger partial charge in [0, 0.05) is 16.9 Å². The number of furan rings is 1. The Bertz CT molecular complexity index is 913. The number of carbonyl (C=O) groups excluding carboxylic acids is 2. The standard InChI is InChI=1S/C21H20N2O3/c1-3-15-7-10-17(11-8-15)22-20(24)16-9-6-14(2)18(13-16)23-21(25)19-5-4-12-26-19/h4-13H,3H2,1-2H3,(H,22,24)(H,23,25). The summed E-state index contributed by atoms with van der Waals surface area (Å²) in [7, 11) is 0. The molecule has 132 valence electrons. The molecule has 0 aliphatic heterocycles. The molecule has 0 radical (unpaired) electrons. The number of carbonyl (C=O) groups is 2. The van der Waals surface area contributed by atoms with Crippen molar-refractivity contribution in [2.24, 2.45) is 0 Å². The van der Waals surface area contributed by atoms with Crippen LogP contribution in [0.25, 0.3) is 0 Å². The molecule has 1 heterocycles. The highest BCUT2D eigenvalue weighted by molar-refractivity contribution is 6.07. The van der Waals surface area contributed by atoms with Gasteiger partial charge < -0.3 is 15.1 Å². The zero-order valence-electron chi connectivity index (χ0n) is 14.7. The van der Waals surface area contributed by atoms with Gasteiger partial charge in [-0.3, -0.25) is 9.59 Å². The lowest BCUT2D eigenvalue weighted by molar-refractivity contribution is 0.0993. The molecule has 0 spiro atoms. The first-order valence-corrected chi connectivity index (χ1v) is 8.42. The second kappa shape index (κ2) is 7.70. The zero-order valence-corrected chi connectivity index (χ0v) is 14.7. The van der Waals surface area contributed by atoms with Crippen LogP contribution in [0.1, 0.15) is 39.0 Å². The third-order valence-corrected chi connectivity index (χ3v) is 4.11. The van der Waals surface area contributed by atoms with Crippen molar-refractivity contribution in [3.05, 3.63) is 83.3 Å². The predicted octanol–water partition coefficient (Wildman–Crippen LogP) is 4.66. The summed E-state index contributed by atoms with van der Waals surface area (Å²) in [5.41, 5.74) is 3.83. The van der Waals surface area contributed by atoms with E-state index in [2.05, 4.69) is 17.6 Å². The van der Waals surface area contributed by atoms with Crippen LogP contribution in [0.5, 0.6) is 0 Å². The van der Waals surface area contributed by atoms with Gasteiger partial charge in [0.25, 0.3) is 11.8 Å². The lowest BCUT2D eigenvalue weighted by Gasteiger charge is -2.11. The number of nitrogens with one attached hydrogen (secondary N) is 2. The van der Waals surface area contributed by atoms with Crippen molar-refractivity contribution < 1.29 is 14.0 Å². The fourth-order valence-electron chi connectivity index (χ4n) is 2.52. The zero-order chi connectivity index (χ0) is 18.5. The normalized spacial score (nSPS) is 10.4. The van der Waals surface area contributed by atoms with Crippen molar-refractivity contribution in [3.63, 3.8) is 0 Å². The maximum absolute atomic E-state index is 12.5. The van der Waals surface area contributed by atoms with E-state index in [1.165, 1.54) is 11.8 Å². The fraction of sp³-hybridized carbons (Fsp3) is 0.143. The smallest absolute Gasteiger partial charge is 0.291 e. The van der Waals surface area contributed by atoms with Gasteiger partial charge in [0.2, 0.25) is 0 Å². The molecular weight excluding hydrogens is 328 g/mol. The highest BCUT2D eigenvalue weighted by Crippen LogP contribution is 2.19. The molecule has 0 aliphatic rings. The summed E-state index contributed by atoms with van der Waals surface area (Å²) in [6.07, 6.45) is 2.39. The van der Waals surface area contributed by atoms with Crippen LogP contribution in [0.4, 0.5) is 11.4 Å². The van der Waals surface area contributed by atoms with E-state index in [9.17, 15) is 9.59 Å². The van der Waals surface area contributed by atoms with Gasteiger partial charge in [0.05, 0.1) is 6.26 Å². The second-order valence-electron chi connectivity index (χ2n) is 5.97. The maximum atomic E-state index is 12.5. The summed E-state index contributed by atoms with van der Waals surface area (Å²) >= 11 is 0. The minimum Gasteiger partial charge on any atom is -0.459 e. The molecule has 5 heteroatoms. The van der Waals surface area contributed by atoms with Gasteiger partial charge >= 0.3 is 0 Å². The number of amides is 2. The van der Waals surface area contributed by atoms with Gasteiger partial charge in [-0.05, 0) is 60.9 Å². The summed E-state index contributed by atoms with van der Waals surface area (Å²) in [6.45, 7) is 3.95. The molecule has 2 amide bonds. The molecule has 3 rings (SSSR count). The average molecular weight is 348 g/mol. The van der Waals surface area contributed by atoms with Crippen LogP contribution in [0.15, 0.2) is 65.3 Å². The highest BCUT2D eigenvalue weighted by atomic mass is 16.3. The van der Waals surface area contributed by atoms with Gasteiger partial charge in [-0.2, -0.15) is 0 Å². The van der Waals surface area contributed by atoms with Gasteiger partial charge in [0.1, 0.15) is 0 Å². The van der Waals surface area contributed by atoms with Crippen LogP contribution in [-0.4, -0.2) is 11.8 Å². The van der Waals surface area contributed by atoms with E-state index in [1.807, 2.05) is 31.2 Å². The van der Waals surface area contributed by atoms with Crippen LogP contribution >= 0.6 is 0 Å². The number of rotatable bonds is 5. The Morgan fingerprint density at radius 2 is 1.73 bits per heavy atom. The Kier molecular flexibility index (Phi) is 5.17. The molecule has 0 bridgehead atoms. The lowest BCUT2D eigenvalue weighted by atomic mass is 10.1. The minimum atomic E-state index is -0.356. The summed E-state index contributed by atoms with van der Waals surface area (Å²) in [5, 5.41) is 5.64. The fourth-order valence-corrected chi connectivity index (χ4v) is 2.52. The van der Waals surface area contributed by atoms with Crippen molar-refractivity contribution in [3.8, 4) is 0 Å². The Hall–Kier alpha value is -3.34. The Morgan fingerprint density at radius 1 is 0.962 bits per heavy atom. The predicted molar refractivity (Wildman–Crippen MR) is 102 cm³/mol. The first-order valence-electron chi connectivity index (χ1n) is 8.42. The number of hydrogen-bond donors (Lipinski definition) is 2. The van der Waals surface area contributed by atoms with Crippen molar-refractivity contribution in [1.29, 1.82) is 0 Å². The average Bonchev–Trinajstić information content (AvgIpc) is 3.19. The molecule has 0 unspecified atom stereocenters. The monoisotopic (exact) mass is 348 g/mol. The SMILES string of the molecule is CCc1ccc(NC(=O)c2ccc(C)c(NC(=O)c3ccco3)c2)cc1. The second-order valence-corrected chi connectivity index (χ2v) is 5.97. The molecule has 0 atom stereocenters. The quantitative estimate of drug-likeness (QED) is 0.705. The first kappa shape index (κ1) is 17.5. The van der Waals surface area contributed by atoms with Gasteiger partial charge in [0.15, 0.2) is 5.76 Å². The molecule has 5 nitrogen and oxygen atoms in total. The van der Waals surface area contributed by atoms with Crippen LogP contribution < -0.4 is 10.6 Å². The minimum absolute atomic E-state index is 0.218. The van der Waals surface area contributed by atoms with Crippen molar-refractivity contribution in [2.75, 3.05) is 10.6 Å². The summed E-state index contributed by atoms with van der Waals surface area (Å²) in [4.78, 5) is 24.7. The van der Waals surface area contributed by atoms with E-state index in [0.29, 0.717) is 11.3 Å². The first-order chi connectivity index (χ1) is 12.6. The molecule has 2 aromatic carbocycles. The molecular formula is C21H20N2O3. The lowest BCUT2D eigenvalue weighted by Crippen LogP contribution is -2.15. The Labute approximate surface area is 152 Å². The number of aryl methyl sites for hydroxylation is 2. The van der Waals surface area contributed by atoms with Gasteiger partial charge in [-0.25, -0.2) is 0 Å². The topological polar surface area (TPSA) is 71.3 Å². The molecule has 0 aliphatic carbocycles. The largest absolute Gasteiger partial charge is 0.459 e. The molecule has 26 heavy (non-hydrogen) atoms. The summed E-state index contributed by atoms with van der Waals surface area (Å²) in [6, 6.07) is 16.2. The van der Waals surface area contributed by atoms with Crippen molar-refractivity contribution in [1.82, 2.24) is 0 Å². The molecule has 0 fully saturated rings. The van der Waals surface area contributed by atoms with E-state index in [1.54, 1.807) is 30.3 Å². The summed E-state index contributed by atoms with van der Waals surface area (Å²) < 4.78 is 5.09. The van der Waals surface area contributed by atoms with Crippen molar-refractivity contribution in [2.45, 2.75) is 20.3 Å². The third-order valence-electron chi connectivity index (χ3n) is 4.11. The third kappa shape index (κ3) is 4.00. The van der Waals surface area contributed by atoms with Gasteiger partial charge in [-0.15, -0.1) is 0 Å². The molecule has 0 saturated heterocycles. The van der Waals surface area contributed by atoms with Crippen LogP contribution in [0.2, 0.25) is 0 Å². The molecule has 0 saturated carbocycles.